The zero-order valence-corrected chi connectivity index (χ0v) is 13.4. The molecule has 0 bridgehead atoms. The van der Waals surface area contributed by atoms with E-state index in [4.69, 9.17) is 0 Å². The Balaban J connectivity index is 1.60. The summed E-state index contributed by atoms with van der Waals surface area (Å²) in [5, 5.41) is 11.3. The molecule has 0 atom stereocenters. The van der Waals surface area contributed by atoms with Crippen LogP contribution >= 0.6 is 11.8 Å². The van der Waals surface area contributed by atoms with E-state index in [1.807, 2.05) is 18.2 Å². The Morgan fingerprint density at radius 2 is 1.96 bits per heavy atom. The number of aromatic nitrogens is 3. The van der Waals surface area contributed by atoms with Gasteiger partial charge in [0.2, 0.25) is 5.91 Å². The molecular weight excluding hydrogens is 312 g/mol. The number of nitrogens with zero attached hydrogens (tertiary/aromatic N) is 2. The quantitative estimate of drug-likeness (QED) is 0.819. The van der Waals surface area contributed by atoms with Crippen LogP contribution in [0, 0.1) is 0 Å². The lowest BCUT2D eigenvalue weighted by Crippen LogP contribution is -2.33. The summed E-state index contributed by atoms with van der Waals surface area (Å²) in [5.74, 6) is 0.197. The first kappa shape index (κ1) is 15.7. The minimum absolute atomic E-state index is 0.0308. The molecule has 3 rings (SSSR count). The third-order valence-corrected chi connectivity index (χ3v) is 4.65. The number of amides is 1. The van der Waals surface area contributed by atoms with E-state index >= 15 is 0 Å². The lowest BCUT2D eigenvalue weighted by atomic mass is 10.2. The number of aromatic amines is 1. The van der Waals surface area contributed by atoms with Gasteiger partial charge in [-0.1, -0.05) is 54.9 Å². The summed E-state index contributed by atoms with van der Waals surface area (Å²) < 4.78 is 0. The van der Waals surface area contributed by atoms with Gasteiger partial charge in [0.05, 0.1) is 5.75 Å². The van der Waals surface area contributed by atoms with Crippen molar-refractivity contribution in [2.24, 2.45) is 0 Å². The van der Waals surface area contributed by atoms with Crippen molar-refractivity contribution in [2.75, 3.05) is 5.75 Å². The van der Waals surface area contributed by atoms with Gasteiger partial charge in [0.25, 0.3) is 5.56 Å². The second-order valence-electron chi connectivity index (χ2n) is 5.51. The zero-order valence-electron chi connectivity index (χ0n) is 12.6. The van der Waals surface area contributed by atoms with E-state index in [9.17, 15) is 9.59 Å². The van der Waals surface area contributed by atoms with E-state index < -0.39 is 0 Å². The molecule has 2 aromatic rings. The lowest BCUT2D eigenvalue weighted by Gasteiger charge is -2.11. The topological polar surface area (TPSA) is 87.7 Å². The summed E-state index contributed by atoms with van der Waals surface area (Å²) in [6, 6.07) is 9.47. The number of carbonyl (C=O) groups is 1. The van der Waals surface area contributed by atoms with Crippen LogP contribution in [0.25, 0.3) is 11.3 Å². The maximum atomic E-state index is 12.1. The Kier molecular flexibility index (Phi) is 5.07. The highest BCUT2D eigenvalue weighted by atomic mass is 32.2. The largest absolute Gasteiger partial charge is 0.353 e. The number of benzene rings is 1. The average molecular weight is 330 g/mol. The maximum absolute atomic E-state index is 12.1. The molecule has 0 spiro atoms. The number of nitrogens with one attached hydrogen (secondary N) is 2. The second-order valence-corrected chi connectivity index (χ2v) is 6.48. The van der Waals surface area contributed by atoms with Gasteiger partial charge in [-0.2, -0.15) is 0 Å². The molecule has 0 unspecified atom stereocenters. The predicted molar refractivity (Wildman–Crippen MR) is 89.2 cm³/mol. The third kappa shape index (κ3) is 4.19. The molecule has 1 aliphatic carbocycles. The molecule has 1 heterocycles. The van der Waals surface area contributed by atoms with E-state index in [-0.39, 0.29) is 22.9 Å². The molecule has 1 aliphatic rings. The molecule has 1 amide bonds. The number of H-pyrrole nitrogens is 1. The molecule has 0 radical (unpaired) electrons. The van der Waals surface area contributed by atoms with Crippen molar-refractivity contribution in [3.05, 3.63) is 40.7 Å². The summed E-state index contributed by atoms with van der Waals surface area (Å²) in [7, 11) is 0. The first-order chi connectivity index (χ1) is 11.2. The Hall–Kier alpha value is -2.15. The van der Waals surface area contributed by atoms with Crippen LogP contribution < -0.4 is 10.9 Å². The Morgan fingerprint density at radius 1 is 1.22 bits per heavy atom. The number of hydrogen-bond acceptors (Lipinski definition) is 5. The highest BCUT2D eigenvalue weighted by Gasteiger charge is 2.17. The molecule has 1 aromatic carbocycles. The van der Waals surface area contributed by atoms with Crippen LogP contribution in [-0.4, -0.2) is 32.9 Å². The average Bonchev–Trinajstić information content (AvgIpc) is 3.07. The van der Waals surface area contributed by atoms with Gasteiger partial charge in [-0.05, 0) is 12.8 Å². The van der Waals surface area contributed by atoms with Gasteiger partial charge in [-0.25, -0.2) is 0 Å². The normalized spacial score (nSPS) is 14.8. The monoisotopic (exact) mass is 330 g/mol. The van der Waals surface area contributed by atoms with Gasteiger partial charge in [-0.15, -0.1) is 10.2 Å². The summed E-state index contributed by atoms with van der Waals surface area (Å²) in [6.07, 6.45) is 4.47. The Labute approximate surface area is 138 Å². The third-order valence-electron chi connectivity index (χ3n) is 3.78. The van der Waals surface area contributed by atoms with Crippen molar-refractivity contribution < 1.29 is 4.79 Å². The molecule has 1 aromatic heterocycles. The van der Waals surface area contributed by atoms with Crippen LogP contribution in [0.4, 0.5) is 0 Å². The molecule has 7 heteroatoms. The fourth-order valence-electron chi connectivity index (χ4n) is 2.65. The predicted octanol–water partition coefficient (Wildman–Crippen LogP) is 1.98. The molecule has 120 valence electrons. The minimum Gasteiger partial charge on any atom is -0.353 e. The first-order valence-corrected chi connectivity index (χ1v) is 8.65. The fraction of sp³-hybridized carbons (Fsp3) is 0.375. The van der Waals surface area contributed by atoms with Crippen molar-refractivity contribution in [1.82, 2.24) is 20.5 Å². The summed E-state index contributed by atoms with van der Waals surface area (Å²) in [5.41, 5.74) is 0.701. The maximum Gasteiger partial charge on any atom is 0.278 e. The molecule has 23 heavy (non-hydrogen) atoms. The van der Waals surface area contributed by atoms with Crippen LogP contribution in [0.5, 0.6) is 0 Å². The van der Waals surface area contributed by atoms with Crippen LogP contribution in [0.1, 0.15) is 25.7 Å². The highest BCUT2D eigenvalue weighted by Crippen LogP contribution is 2.18. The van der Waals surface area contributed by atoms with Crippen molar-refractivity contribution in [1.29, 1.82) is 0 Å². The van der Waals surface area contributed by atoms with Crippen molar-refractivity contribution in [3.63, 3.8) is 0 Å². The minimum atomic E-state index is -0.301. The van der Waals surface area contributed by atoms with E-state index in [0.29, 0.717) is 11.2 Å². The molecule has 2 N–H and O–H groups in total. The molecule has 6 nitrogen and oxygen atoms in total. The smallest absolute Gasteiger partial charge is 0.278 e. The standard InChI is InChI=1S/C16H18N4O2S/c21-13(17-12-8-4-5-9-12)10-23-16-18-15(22)14(19-20-16)11-6-2-1-3-7-11/h1-3,6-7,12H,4-5,8-10H2,(H,17,21)(H,18,20,22). The van der Waals surface area contributed by atoms with E-state index in [2.05, 4.69) is 20.5 Å². The van der Waals surface area contributed by atoms with Crippen molar-refractivity contribution in [2.45, 2.75) is 36.9 Å². The van der Waals surface area contributed by atoms with E-state index in [1.165, 1.54) is 24.6 Å². The number of rotatable bonds is 5. The summed E-state index contributed by atoms with van der Waals surface area (Å²) in [4.78, 5) is 26.6. The zero-order chi connectivity index (χ0) is 16.1. The van der Waals surface area contributed by atoms with Crippen LogP contribution in [0.3, 0.4) is 0 Å². The summed E-state index contributed by atoms with van der Waals surface area (Å²) >= 11 is 1.19. The van der Waals surface area contributed by atoms with Gasteiger partial charge in [0.15, 0.2) is 10.9 Å². The lowest BCUT2D eigenvalue weighted by molar-refractivity contribution is -0.119. The number of hydrogen-bond donors (Lipinski definition) is 2. The van der Waals surface area contributed by atoms with Gasteiger partial charge in [-0.3, -0.25) is 14.6 Å². The SMILES string of the molecule is O=C(CSc1nnc(-c2ccccc2)c(=O)[nH]1)NC1CCCC1. The van der Waals surface area contributed by atoms with Gasteiger partial charge in [0, 0.05) is 11.6 Å². The molecule has 0 saturated heterocycles. The van der Waals surface area contributed by atoms with Gasteiger partial charge in [0.1, 0.15) is 0 Å². The molecule has 1 saturated carbocycles. The van der Waals surface area contributed by atoms with E-state index in [1.54, 1.807) is 12.1 Å². The number of thioether (sulfide) groups is 1. The fourth-order valence-corrected chi connectivity index (χ4v) is 3.26. The molecular formula is C16H18N4O2S. The van der Waals surface area contributed by atoms with Gasteiger partial charge >= 0.3 is 0 Å². The number of carbonyl (C=O) groups excluding carboxylic acids is 1. The highest BCUT2D eigenvalue weighted by molar-refractivity contribution is 7.99. The Morgan fingerprint density at radius 3 is 2.65 bits per heavy atom. The van der Waals surface area contributed by atoms with Crippen LogP contribution in [0.15, 0.2) is 40.3 Å². The summed E-state index contributed by atoms with van der Waals surface area (Å²) in [6.45, 7) is 0. The first-order valence-electron chi connectivity index (χ1n) is 7.67. The molecule has 0 aliphatic heterocycles. The van der Waals surface area contributed by atoms with Crippen LogP contribution in [-0.2, 0) is 4.79 Å². The van der Waals surface area contributed by atoms with Crippen LogP contribution in [0.2, 0.25) is 0 Å². The Bertz CT molecular complexity index is 726. The van der Waals surface area contributed by atoms with Crippen molar-refractivity contribution >= 4 is 17.7 Å². The van der Waals surface area contributed by atoms with Gasteiger partial charge < -0.3 is 5.32 Å². The van der Waals surface area contributed by atoms with E-state index in [0.717, 1.165) is 18.4 Å². The van der Waals surface area contributed by atoms with Crippen molar-refractivity contribution in [3.8, 4) is 11.3 Å². The second kappa shape index (κ2) is 7.41. The molecule has 1 fully saturated rings.